The highest BCUT2D eigenvalue weighted by molar-refractivity contribution is 5.82. The normalized spacial score (nSPS) is 12.8. The molecule has 0 aromatic heterocycles. The van der Waals surface area contributed by atoms with Crippen LogP contribution in [0.15, 0.2) is 72.9 Å². The molecule has 6 nitrogen and oxygen atoms in total. The molecule has 0 N–H and O–H groups in total. The summed E-state index contributed by atoms with van der Waals surface area (Å²) in [7, 11) is 0. The molecule has 0 heterocycles. The maximum absolute atomic E-state index is 12.4. The van der Waals surface area contributed by atoms with Gasteiger partial charge in [-0.15, -0.1) is 0 Å². The second kappa shape index (κ2) is 35.7. The molecule has 266 valence electrons. The van der Waals surface area contributed by atoms with Crippen LogP contribution >= 0.6 is 0 Å². The Bertz CT molecular complexity index is 940. The Morgan fingerprint density at radius 3 is 1.45 bits per heavy atom. The third-order valence-electron chi connectivity index (χ3n) is 7.45. The van der Waals surface area contributed by atoms with E-state index >= 15 is 0 Å². The molecular formula is C41H66O6. The van der Waals surface area contributed by atoms with Crippen molar-refractivity contribution in [3.05, 3.63) is 72.9 Å². The van der Waals surface area contributed by atoms with Crippen LogP contribution in [0, 0.1) is 0 Å². The van der Waals surface area contributed by atoms with E-state index < -0.39 is 12.1 Å². The average Bonchev–Trinajstić information content (AvgIpc) is 3.06. The third-order valence-corrected chi connectivity index (χ3v) is 7.45. The number of esters is 3. The third kappa shape index (κ3) is 34.0. The fourth-order valence-electron chi connectivity index (χ4n) is 4.63. The summed E-state index contributed by atoms with van der Waals surface area (Å²) < 4.78 is 16.1. The first-order valence-electron chi connectivity index (χ1n) is 18.5. The summed E-state index contributed by atoms with van der Waals surface area (Å²) in [5, 5.41) is 0. The molecule has 0 saturated carbocycles. The smallest absolute Gasteiger partial charge is 0.330 e. The van der Waals surface area contributed by atoms with Gasteiger partial charge in [-0.05, 0) is 25.7 Å². The fourth-order valence-corrected chi connectivity index (χ4v) is 4.63. The van der Waals surface area contributed by atoms with Gasteiger partial charge in [0.25, 0.3) is 0 Å². The first kappa shape index (κ1) is 43.9. The van der Waals surface area contributed by atoms with Gasteiger partial charge in [-0.3, -0.25) is 9.59 Å². The van der Waals surface area contributed by atoms with Crippen molar-refractivity contribution >= 4 is 17.9 Å². The maximum atomic E-state index is 12.4. The van der Waals surface area contributed by atoms with Crippen LogP contribution in [0.5, 0.6) is 0 Å². The van der Waals surface area contributed by atoms with E-state index in [1.54, 1.807) is 12.2 Å². The van der Waals surface area contributed by atoms with Gasteiger partial charge in [0.05, 0.1) is 0 Å². The van der Waals surface area contributed by atoms with Gasteiger partial charge >= 0.3 is 17.9 Å². The van der Waals surface area contributed by atoms with Crippen LogP contribution in [0.3, 0.4) is 0 Å². The zero-order valence-corrected chi connectivity index (χ0v) is 30.0. The highest BCUT2D eigenvalue weighted by atomic mass is 16.6. The summed E-state index contributed by atoms with van der Waals surface area (Å²) in [6, 6.07) is 0. The van der Waals surface area contributed by atoms with Crippen LogP contribution in [-0.2, 0) is 28.6 Å². The summed E-state index contributed by atoms with van der Waals surface area (Å²) in [6.45, 7) is 6.24. The number of allylic oxidation sites excluding steroid dienone is 11. The summed E-state index contributed by atoms with van der Waals surface area (Å²) in [4.78, 5) is 36.8. The summed E-state index contributed by atoms with van der Waals surface area (Å²) in [6.07, 6.45) is 43.0. The Kier molecular flexibility index (Phi) is 33.3. The van der Waals surface area contributed by atoms with Gasteiger partial charge in [-0.2, -0.15) is 0 Å². The Labute approximate surface area is 287 Å². The van der Waals surface area contributed by atoms with Crippen LogP contribution < -0.4 is 0 Å². The van der Waals surface area contributed by atoms with Crippen molar-refractivity contribution < 1.29 is 28.6 Å². The molecule has 0 aliphatic rings. The van der Waals surface area contributed by atoms with E-state index in [1.807, 2.05) is 42.5 Å². The van der Waals surface area contributed by atoms with E-state index in [0.29, 0.717) is 12.8 Å². The standard InChI is InChI=1S/C41H66O6/c1-4-7-10-13-14-15-16-17-18-19-20-21-22-23-24-25-26-29-31-34-40(43)46-37-38(47-41(44)35-32-28-12-9-6-3)36-45-39(42)33-30-27-11-8-5-2/h18-26,29,31,34,38H,4-17,27-28,30,32-33,35-37H2,1-3H3/b19-18+,21-20+,23-22+,25-24+,29-26+,34-31+. The van der Waals surface area contributed by atoms with Gasteiger partial charge in [-0.1, -0.05) is 177 Å². The molecule has 0 aliphatic carbocycles. The first-order valence-corrected chi connectivity index (χ1v) is 18.5. The lowest BCUT2D eigenvalue weighted by atomic mass is 10.1. The van der Waals surface area contributed by atoms with Crippen LogP contribution in [0.25, 0.3) is 0 Å². The maximum Gasteiger partial charge on any atom is 0.330 e. The number of carbonyl (C=O) groups is 3. The summed E-state index contributed by atoms with van der Waals surface area (Å²) >= 11 is 0. The number of hydrogen-bond donors (Lipinski definition) is 0. The Balaban J connectivity index is 4.45. The fraction of sp³-hybridized carbons (Fsp3) is 0.634. The second-order valence-corrected chi connectivity index (χ2v) is 12.0. The lowest BCUT2D eigenvalue weighted by Gasteiger charge is -2.18. The zero-order valence-electron chi connectivity index (χ0n) is 30.0. The zero-order chi connectivity index (χ0) is 34.5. The van der Waals surface area contributed by atoms with E-state index in [1.165, 1.54) is 51.0 Å². The van der Waals surface area contributed by atoms with E-state index in [2.05, 4.69) is 32.9 Å². The lowest BCUT2D eigenvalue weighted by molar-refractivity contribution is -0.165. The second-order valence-electron chi connectivity index (χ2n) is 12.0. The SMILES string of the molecule is CCCCCCCCC/C=C/C=C/C=C/C=C/C=C/C=C/C(=O)OCC(COC(=O)CCCCCCC)OC(=O)CCCCCCC. The number of hydrogen-bond acceptors (Lipinski definition) is 6. The first-order chi connectivity index (χ1) is 23.0. The van der Waals surface area contributed by atoms with Crippen molar-refractivity contribution in [2.75, 3.05) is 13.2 Å². The molecule has 47 heavy (non-hydrogen) atoms. The van der Waals surface area contributed by atoms with Gasteiger partial charge < -0.3 is 14.2 Å². The molecule has 6 heteroatoms. The van der Waals surface area contributed by atoms with Crippen molar-refractivity contribution in [2.24, 2.45) is 0 Å². The minimum atomic E-state index is -0.834. The molecule has 1 atom stereocenters. The van der Waals surface area contributed by atoms with Crippen LogP contribution in [0.2, 0.25) is 0 Å². The molecule has 0 spiro atoms. The minimum Gasteiger partial charge on any atom is -0.462 e. The van der Waals surface area contributed by atoms with Gasteiger partial charge in [-0.25, -0.2) is 4.79 Å². The summed E-state index contributed by atoms with van der Waals surface area (Å²) in [5.74, 6) is -1.27. The number of unbranched alkanes of at least 4 members (excludes halogenated alkanes) is 15. The molecule has 0 aromatic rings. The average molecular weight is 655 g/mol. The molecule has 0 amide bonds. The highest BCUT2D eigenvalue weighted by Crippen LogP contribution is 2.10. The molecule has 0 saturated heterocycles. The van der Waals surface area contributed by atoms with E-state index in [9.17, 15) is 14.4 Å². The quantitative estimate of drug-likeness (QED) is 0.0243. The highest BCUT2D eigenvalue weighted by Gasteiger charge is 2.19. The number of ether oxygens (including phenoxy) is 3. The molecule has 0 aliphatic heterocycles. The molecule has 0 bridgehead atoms. The van der Waals surface area contributed by atoms with Gasteiger partial charge in [0, 0.05) is 18.9 Å². The van der Waals surface area contributed by atoms with Crippen LogP contribution in [0.4, 0.5) is 0 Å². The molecule has 0 fully saturated rings. The lowest BCUT2D eigenvalue weighted by Crippen LogP contribution is -2.30. The Morgan fingerprint density at radius 1 is 0.468 bits per heavy atom. The number of rotatable bonds is 31. The van der Waals surface area contributed by atoms with Crippen LogP contribution in [0.1, 0.15) is 149 Å². The van der Waals surface area contributed by atoms with Gasteiger partial charge in [0.15, 0.2) is 6.10 Å². The summed E-state index contributed by atoms with van der Waals surface area (Å²) in [5.41, 5.74) is 0. The molecule has 0 rings (SSSR count). The van der Waals surface area contributed by atoms with E-state index in [4.69, 9.17) is 14.2 Å². The van der Waals surface area contributed by atoms with Crippen molar-refractivity contribution in [3.63, 3.8) is 0 Å². The van der Waals surface area contributed by atoms with Gasteiger partial charge in [0.1, 0.15) is 13.2 Å². The molecule has 1 unspecified atom stereocenters. The van der Waals surface area contributed by atoms with Crippen molar-refractivity contribution in [1.29, 1.82) is 0 Å². The van der Waals surface area contributed by atoms with Crippen molar-refractivity contribution in [3.8, 4) is 0 Å². The Hall–Kier alpha value is -3.15. The van der Waals surface area contributed by atoms with Crippen LogP contribution in [-0.4, -0.2) is 37.2 Å². The monoisotopic (exact) mass is 654 g/mol. The largest absolute Gasteiger partial charge is 0.462 e. The van der Waals surface area contributed by atoms with Gasteiger partial charge in [0.2, 0.25) is 0 Å². The predicted molar refractivity (Wildman–Crippen MR) is 196 cm³/mol. The topological polar surface area (TPSA) is 78.9 Å². The molecular weight excluding hydrogens is 588 g/mol. The van der Waals surface area contributed by atoms with Crippen molar-refractivity contribution in [1.82, 2.24) is 0 Å². The van der Waals surface area contributed by atoms with E-state index in [0.717, 1.165) is 70.6 Å². The number of carbonyl (C=O) groups excluding carboxylic acids is 3. The minimum absolute atomic E-state index is 0.130. The molecule has 0 radical (unpaired) electrons. The van der Waals surface area contributed by atoms with Crippen molar-refractivity contribution in [2.45, 2.75) is 155 Å². The van der Waals surface area contributed by atoms with E-state index in [-0.39, 0.29) is 25.2 Å². The predicted octanol–water partition coefficient (Wildman–Crippen LogP) is 11.2. The molecule has 0 aromatic carbocycles. The Morgan fingerprint density at radius 2 is 0.894 bits per heavy atom.